The first-order valence-electron chi connectivity index (χ1n) is 8.13. The molecule has 2 N–H and O–H groups in total. The zero-order valence-corrected chi connectivity index (χ0v) is 15.9. The van der Waals surface area contributed by atoms with Crippen molar-refractivity contribution in [3.05, 3.63) is 82.8 Å². The number of nitrogens with zero attached hydrogens (tertiary/aromatic N) is 1. The summed E-state index contributed by atoms with van der Waals surface area (Å²) in [6, 6.07) is 18.9. The standard InChI is InChI=1S/C20H15Cl2N3O3/c21-13-4-1-6-15(10-13)23-19(26)24-16-7-3-9-18(12-16)25(20(27)28)17-8-2-5-14(22)11-17/h1-12H,(H,27,28)(H2,23,24,26)/p-1. The van der Waals surface area contributed by atoms with E-state index in [4.69, 9.17) is 23.2 Å². The number of anilines is 4. The van der Waals surface area contributed by atoms with E-state index in [1.54, 1.807) is 60.7 Å². The van der Waals surface area contributed by atoms with Crippen molar-refractivity contribution >= 4 is 58.1 Å². The fraction of sp³-hybridized carbons (Fsp3) is 0. The van der Waals surface area contributed by atoms with Crippen LogP contribution in [-0.4, -0.2) is 12.1 Å². The molecule has 3 aromatic carbocycles. The third-order valence-electron chi connectivity index (χ3n) is 3.69. The molecule has 0 aromatic heterocycles. The van der Waals surface area contributed by atoms with E-state index in [0.29, 0.717) is 32.8 Å². The van der Waals surface area contributed by atoms with Crippen LogP contribution in [0.1, 0.15) is 0 Å². The summed E-state index contributed by atoms with van der Waals surface area (Å²) in [5, 5.41) is 17.9. The largest absolute Gasteiger partial charge is 0.529 e. The van der Waals surface area contributed by atoms with Gasteiger partial charge in [-0.1, -0.05) is 41.4 Å². The number of benzene rings is 3. The molecule has 0 atom stereocenters. The van der Waals surface area contributed by atoms with E-state index in [0.717, 1.165) is 4.90 Å². The van der Waals surface area contributed by atoms with Gasteiger partial charge in [0.2, 0.25) is 0 Å². The number of hydrogen-bond donors (Lipinski definition) is 2. The first-order chi connectivity index (χ1) is 13.4. The summed E-state index contributed by atoms with van der Waals surface area (Å²) >= 11 is 11.8. The number of carbonyl (C=O) groups excluding carboxylic acids is 2. The highest BCUT2D eigenvalue weighted by molar-refractivity contribution is 6.31. The monoisotopic (exact) mass is 414 g/mol. The van der Waals surface area contributed by atoms with Crippen molar-refractivity contribution in [1.82, 2.24) is 0 Å². The van der Waals surface area contributed by atoms with Crippen molar-refractivity contribution in [1.29, 1.82) is 0 Å². The quantitative estimate of drug-likeness (QED) is 0.621. The predicted molar refractivity (Wildman–Crippen MR) is 110 cm³/mol. The Hall–Kier alpha value is -3.22. The molecule has 6 nitrogen and oxygen atoms in total. The molecule has 0 aliphatic carbocycles. The Balaban J connectivity index is 1.80. The van der Waals surface area contributed by atoms with Gasteiger partial charge in [0.15, 0.2) is 0 Å². The summed E-state index contributed by atoms with van der Waals surface area (Å²) in [5.74, 6) is 0. The van der Waals surface area contributed by atoms with Gasteiger partial charge in [0.25, 0.3) is 0 Å². The summed E-state index contributed by atoms with van der Waals surface area (Å²) in [5.41, 5.74) is 1.54. The maximum atomic E-state index is 12.2. The maximum absolute atomic E-state index is 12.2. The van der Waals surface area contributed by atoms with Crippen LogP contribution in [0, 0.1) is 0 Å². The van der Waals surface area contributed by atoms with Crippen molar-refractivity contribution < 1.29 is 14.7 Å². The molecule has 142 valence electrons. The lowest BCUT2D eigenvalue weighted by Gasteiger charge is -2.26. The minimum Gasteiger partial charge on any atom is -0.529 e. The van der Waals surface area contributed by atoms with Crippen LogP contribution in [0.2, 0.25) is 10.0 Å². The molecule has 0 aliphatic rings. The minimum atomic E-state index is -1.43. The van der Waals surface area contributed by atoms with Crippen molar-refractivity contribution in [2.75, 3.05) is 15.5 Å². The molecule has 0 saturated carbocycles. The zero-order valence-electron chi connectivity index (χ0n) is 14.4. The van der Waals surface area contributed by atoms with Gasteiger partial charge in [-0.05, 0) is 54.6 Å². The summed E-state index contributed by atoms with van der Waals surface area (Å²) in [6.07, 6.45) is -1.43. The highest BCUT2D eigenvalue weighted by Gasteiger charge is 2.12. The van der Waals surface area contributed by atoms with Gasteiger partial charge in [-0.2, -0.15) is 0 Å². The second-order valence-corrected chi connectivity index (χ2v) is 6.59. The molecular formula is C20H14Cl2N3O3-. The van der Waals surface area contributed by atoms with Crippen molar-refractivity contribution in [2.24, 2.45) is 0 Å². The van der Waals surface area contributed by atoms with E-state index >= 15 is 0 Å². The highest BCUT2D eigenvalue weighted by atomic mass is 35.5. The van der Waals surface area contributed by atoms with Gasteiger partial charge in [0.05, 0.1) is 0 Å². The zero-order chi connectivity index (χ0) is 20.1. The van der Waals surface area contributed by atoms with Crippen molar-refractivity contribution in [3.63, 3.8) is 0 Å². The number of carbonyl (C=O) groups is 2. The number of hydrogen-bond acceptors (Lipinski definition) is 3. The molecule has 3 aromatic rings. The molecule has 0 heterocycles. The van der Waals surface area contributed by atoms with Crippen LogP contribution in [-0.2, 0) is 0 Å². The Bertz CT molecular complexity index is 1030. The van der Waals surface area contributed by atoms with Crippen LogP contribution in [0.25, 0.3) is 0 Å². The van der Waals surface area contributed by atoms with Gasteiger partial charge in [0.1, 0.15) is 6.09 Å². The molecule has 0 spiro atoms. The Labute approximate surface area is 171 Å². The van der Waals surface area contributed by atoms with Crippen LogP contribution in [0.5, 0.6) is 0 Å². The van der Waals surface area contributed by atoms with Gasteiger partial charge >= 0.3 is 6.03 Å². The van der Waals surface area contributed by atoms with Gasteiger partial charge in [-0.25, -0.2) is 4.79 Å². The van der Waals surface area contributed by atoms with Gasteiger partial charge in [-0.3, -0.25) is 4.90 Å². The lowest BCUT2D eigenvalue weighted by Crippen LogP contribution is -2.38. The number of halogens is 2. The molecule has 0 bridgehead atoms. The van der Waals surface area contributed by atoms with E-state index in [1.807, 2.05) is 0 Å². The smallest absolute Gasteiger partial charge is 0.323 e. The Morgan fingerprint density at radius 1 is 0.750 bits per heavy atom. The Kier molecular flexibility index (Phi) is 6.03. The Morgan fingerprint density at radius 3 is 1.82 bits per heavy atom. The van der Waals surface area contributed by atoms with Crippen LogP contribution in [0.15, 0.2) is 72.8 Å². The summed E-state index contributed by atoms with van der Waals surface area (Å²) in [6.45, 7) is 0. The molecular weight excluding hydrogens is 401 g/mol. The molecule has 0 unspecified atom stereocenters. The van der Waals surface area contributed by atoms with Gasteiger partial charge in [0, 0.05) is 32.8 Å². The number of nitrogens with one attached hydrogen (secondary N) is 2. The van der Waals surface area contributed by atoms with E-state index in [1.165, 1.54) is 12.1 Å². The van der Waals surface area contributed by atoms with Gasteiger partial charge < -0.3 is 20.5 Å². The third kappa shape index (κ3) is 4.94. The number of amides is 3. The van der Waals surface area contributed by atoms with Gasteiger partial charge in [-0.15, -0.1) is 0 Å². The first kappa shape index (κ1) is 19.5. The van der Waals surface area contributed by atoms with Crippen LogP contribution < -0.4 is 20.6 Å². The van der Waals surface area contributed by atoms with Crippen molar-refractivity contribution in [3.8, 4) is 0 Å². The van der Waals surface area contributed by atoms with E-state index in [9.17, 15) is 14.7 Å². The summed E-state index contributed by atoms with van der Waals surface area (Å²) in [4.78, 5) is 24.8. The third-order valence-corrected chi connectivity index (χ3v) is 4.16. The van der Waals surface area contributed by atoms with Crippen molar-refractivity contribution in [2.45, 2.75) is 0 Å². The SMILES string of the molecule is O=C(Nc1cccc(Cl)c1)Nc1cccc(N(C(=O)[O-])c2cccc(Cl)c2)c1. The molecule has 0 aliphatic heterocycles. The molecule has 3 rings (SSSR count). The minimum absolute atomic E-state index is 0.294. The van der Waals surface area contributed by atoms with E-state index in [-0.39, 0.29) is 0 Å². The normalized spacial score (nSPS) is 10.2. The molecule has 0 fully saturated rings. The van der Waals surface area contributed by atoms with E-state index < -0.39 is 12.1 Å². The molecule has 0 saturated heterocycles. The summed E-state index contributed by atoms with van der Waals surface area (Å²) in [7, 11) is 0. The van der Waals surface area contributed by atoms with Crippen LogP contribution in [0.4, 0.5) is 32.3 Å². The number of urea groups is 1. The second kappa shape index (κ2) is 8.65. The Morgan fingerprint density at radius 2 is 1.25 bits per heavy atom. The summed E-state index contributed by atoms with van der Waals surface area (Å²) < 4.78 is 0. The van der Waals surface area contributed by atoms with Crippen LogP contribution in [0.3, 0.4) is 0 Å². The lowest BCUT2D eigenvalue weighted by molar-refractivity contribution is -0.245. The van der Waals surface area contributed by atoms with E-state index in [2.05, 4.69) is 10.6 Å². The van der Waals surface area contributed by atoms with Crippen LogP contribution >= 0.6 is 23.2 Å². The predicted octanol–water partition coefficient (Wildman–Crippen LogP) is 5.12. The molecule has 3 amide bonds. The average Bonchev–Trinajstić information content (AvgIpc) is 2.62. The topological polar surface area (TPSA) is 84.5 Å². The molecule has 8 heteroatoms. The molecule has 0 radical (unpaired) electrons. The fourth-order valence-corrected chi connectivity index (χ4v) is 2.93. The molecule has 28 heavy (non-hydrogen) atoms. The lowest BCUT2D eigenvalue weighted by atomic mass is 10.2. The number of rotatable bonds is 4. The highest BCUT2D eigenvalue weighted by Crippen LogP contribution is 2.29. The second-order valence-electron chi connectivity index (χ2n) is 5.72. The maximum Gasteiger partial charge on any atom is 0.323 e. The average molecular weight is 415 g/mol. The number of carboxylic acid groups (broad SMARTS) is 1. The fourth-order valence-electron chi connectivity index (χ4n) is 2.56. The first-order valence-corrected chi connectivity index (χ1v) is 8.88.